The molecule has 1 saturated heterocycles. The number of hydrogen-bond acceptors (Lipinski definition) is 2. The van der Waals surface area contributed by atoms with Gasteiger partial charge in [-0.1, -0.05) is 26.0 Å². The Bertz CT molecular complexity index is 358. The van der Waals surface area contributed by atoms with Crippen LogP contribution in [-0.4, -0.2) is 18.6 Å². The van der Waals surface area contributed by atoms with Gasteiger partial charge in [0, 0.05) is 24.3 Å². The van der Waals surface area contributed by atoms with Crippen LogP contribution < -0.4 is 10.2 Å². The van der Waals surface area contributed by atoms with Crippen molar-refractivity contribution in [2.45, 2.75) is 58.7 Å². The van der Waals surface area contributed by atoms with Gasteiger partial charge in [-0.05, 0) is 50.4 Å². The molecule has 0 bridgehead atoms. The lowest BCUT2D eigenvalue weighted by Gasteiger charge is -2.30. The molecule has 1 aliphatic rings. The summed E-state index contributed by atoms with van der Waals surface area (Å²) in [6, 6.07) is 10.5. The third-order valence-corrected chi connectivity index (χ3v) is 4.07. The first-order valence-corrected chi connectivity index (χ1v) is 7.34. The molecular formula is C16H26N2. The van der Waals surface area contributed by atoms with Crippen molar-refractivity contribution in [3.05, 3.63) is 29.8 Å². The van der Waals surface area contributed by atoms with Gasteiger partial charge in [0.15, 0.2) is 0 Å². The normalized spacial score (nSPS) is 23.6. The number of benzene rings is 1. The molecule has 2 rings (SSSR count). The topological polar surface area (TPSA) is 15.3 Å². The highest BCUT2D eigenvalue weighted by Gasteiger charge is 2.29. The van der Waals surface area contributed by atoms with Crippen LogP contribution >= 0.6 is 0 Å². The largest absolute Gasteiger partial charge is 0.366 e. The van der Waals surface area contributed by atoms with E-state index >= 15 is 0 Å². The van der Waals surface area contributed by atoms with Crippen LogP contribution in [0.1, 0.15) is 45.6 Å². The molecular weight excluding hydrogens is 220 g/mol. The predicted molar refractivity (Wildman–Crippen MR) is 79.1 cm³/mol. The molecule has 0 spiro atoms. The Morgan fingerprint density at radius 1 is 1.17 bits per heavy atom. The first kappa shape index (κ1) is 13.4. The van der Waals surface area contributed by atoms with Gasteiger partial charge >= 0.3 is 0 Å². The Morgan fingerprint density at radius 3 is 2.50 bits per heavy atom. The summed E-state index contributed by atoms with van der Waals surface area (Å²) < 4.78 is 0. The third-order valence-electron chi connectivity index (χ3n) is 4.07. The van der Waals surface area contributed by atoms with Crippen LogP contribution in [0.5, 0.6) is 0 Å². The molecule has 2 unspecified atom stereocenters. The van der Waals surface area contributed by atoms with E-state index in [1.165, 1.54) is 30.5 Å². The molecule has 1 heterocycles. The van der Waals surface area contributed by atoms with E-state index in [0.29, 0.717) is 6.04 Å². The van der Waals surface area contributed by atoms with Crippen LogP contribution in [0.2, 0.25) is 0 Å². The molecule has 1 aliphatic heterocycles. The fourth-order valence-corrected chi connectivity index (χ4v) is 2.99. The molecule has 0 aromatic heterocycles. The molecule has 2 atom stereocenters. The number of hydrogen-bond donors (Lipinski definition) is 1. The Morgan fingerprint density at radius 2 is 1.89 bits per heavy atom. The highest BCUT2D eigenvalue weighted by molar-refractivity contribution is 5.50. The minimum atomic E-state index is 0.689. The maximum absolute atomic E-state index is 3.37. The van der Waals surface area contributed by atoms with Crippen LogP contribution in [0.15, 0.2) is 24.3 Å². The minimum Gasteiger partial charge on any atom is -0.366 e. The van der Waals surface area contributed by atoms with Crippen molar-refractivity contribution in [3.8, 4) is 0 Å². The molecule has 0 amide bonds. The Hall–Kier alpha value is -1.02. The molecule has 100 valence electrons. The van der Waals surface area contributed by atoms with Crippen molar-refractivity contribution in [2.75, 3.05) is 11.4 Å². The second kappa shape index (κ2) is 6.24. The lowest BCUT2D eigenvalue weighted by atomic mass is 10.1. The molecule has 1 N–H and O–H groups in total. The number of rotatable bonds is 5. The Labute approximate surface area is 111 Å². The monoisotopic (exact) mass is 246 g/mol. The van der Waals surface area contributed by atoms with Gasteiger partial charge in [0.1, 0.15) is 0 Å². The van der Waals surface area contributed by atoms with Crippen molar-refractivity contribution in [2.24, 2.45) is 0 Å². The fraction of sp³-hybridized carbons (Fsp3) is 0.625. The highest BCUT2D eigenvalue weighted by atomic mass is 15.2. The van der Waals surface area contributed by atoms with Crippen molar-refractivity contribution in [1.82, 2.24) is 5.32 Å². The number of nitrogens with zero attached hydrogens (tertiary/aromatic N) is 1. The van der Waals surface area contributed by atoms with Gasteiger partial charge in [0.25, 0.3) is 0 Å². The summed E-state index contributed by atoms with van der Waals surface area (Å²) in [5.41, 5.74) is 2.77. The molecule has 1 fully saturated rings. The van der Waals surface area contributed by atoms with Crippen molar-refractivity contribution in [1.29, 1.82) is 0 Å². The van der Waals surface area contributed by atoms with Crippen LogP contribution in [0.3, 0.4) is 0 Å². The standard InChI is InChI=1S/C16H26N2/c1-4-15-9-6-13(3)18(15)16-10-7-14(8-11-16)12-17-5-2/h7-8,10-11,13,15,17H,4-6,9,12H2,1-3H3. The van der Waals surface area contributed by atoms with E-state index in [1.54, 1.807) is 0 Å². The van der Waals surface area contributed by atoms with Crippen molar-refractivity contribution in [3.63, 3.8) is 0 Å². The third kappa shape index (κ3) is 2.86. The molecule has 18 heavy (non-hydrogen) atoms. The summed E-state index contributed by atoms with van der Waals surface area (Å²) in [5, 5.41) is 3.37. The van der Waals surface area contributed by atoms with E-state index < -0.39 is 0 Å². The van der Waals surface area contributed by atoms with Gasteiger partial charge in [-0.2, -0.15) is 0 Å². The summed E-state index contributed by atoms with van der Waals surface area (Å²) >= 11 is 0. The molecule has 2 heteroatoms. The lowest BCUT2D eigenvalue weighted by molar-refractivity contribution is 0.628. The Balaban J connectivity index is 2.08. The highest BCUT2D eigenvalue weighted by Crippen LogP contribution is 2.31. The predicted octanol–water partition coefficient (Wildman–Crippen LogP) is 3.56. The van der Waals surface area contributed by atoms with E-state index in [4.69, 9.17) is 0 Å². The summed E-state index contributed by atoms with van der Waals surface area (Å²) in [7, 11) is 0. The van der Waals surface area contributed by atoms with E-state index in [1.807, 2.05) is 0 Å². The summed E-state index contributed by atoms with van der Waals surface area (Å²) in [4.78, 5) is 2.61. The second-order valence-electron chi connectivity index (χ2n) is 5.34. The fourth-order valence-electron chi connectivity index (χ4n) is 2.99. The van der Waals surface area contributed by atoms with Gasteiger partial charge in [0.2, 0.25) is 0 Å². The second-order valence-corrected chi connectivity index (χ2v) is 5.34. The zero-order valence-corrected chi connectivity index (χ0v) is 11.9. The maximum Gasteiger partial charge on any atom is 0.0371 e. The smallest absolute Gasteiger partial charge is 0.0371 e. The average molecular weight is 246 g/mol. The summed E-state index contributed by atoms with van der Waals surface area (Å²) in [5.74, 6) is 0. The minimum absolute atomic E-state index is 0.689. The van der Waals surface area contributed by atoms with Gasteiger partial charge in [-0.25, -0.2) is 0 Å². The SMILES string of the molecule is CCNCc1ccc(N2C(C)CCC2CC)cc1. The van der Waals surface area contributed by atoms with Crippen LogP contribution in [0, 0.1) is 0 Å². The Kier molecular flexibility index (Phi) is 4.65. The maximum atomic E-state index is 3.37. The van der Waals surface area contributed by atoms with Crippen LogP contribution in [-0.2, 0) is 6.54 Å². The first-order chi connectivity index (χ1) is 8.76. The molecule has 0 radical (unpaired) electrons. The van der Waals surface area contributed by atoms with Gasteiger partial charge in [-0.15, -0.1) is 0 Å². The number of nitrogens with one attached hydrogen (secondary N) is 1. The molecule has 1 aromatic rings. The zero-order chi connectivity index (χ0) is 13.0. The zero-order valence-electron chi connectivity index (χ0n) is 11.9. The van der Waals surface area contributed by atoms with Gasteiger partial charge < -0.3 is 10.2 Å². The van der Waals surface area contributed by atoms with Crippen molar-refractivity contribution >= 4 is 5.69 Å². The quantitative estimate of drug-likeness (QED) is 0.854. The van der Waals surface area contributed by atoms with E-state index in [2.05, 4.69) is 55.3 Å². The summed E-state index contributed by atoms with van der Waals surface area (Å²) in [6.07, 6.45) is 3.93. The van der Waals surface area contributed by atoms with Crippen LogP contribution in [0.25, 0.3) is 0 Å². The van der Waals surface area contributed by atoms with Gasteiger partial charge in [0.05, 0.1) is 0 Å². The average Bonchev–Trinajstić information content (AvgIpc) is 2.78. The van der Waals surface area contributed by atoms with E-state index in [9.17, 15) is 0 Å². The molecule has 2 nitrogen and oxygen atoms in total. The van der Waals surface area contributed by atoms with E-state index in [0.717, 1.165) is 19.1 Å². The van der Waals surface area contributed by atoms with Gasteiger partial charge in [-0.3, -0.25) is 0 Å². The number of anilines is 1. The summed E-state index contributed by atoms with van der Waals surface area (Å²) in [6.45, 7) is 8.80. The first-order valence-electron chi connectivity index (χ1n) is 7.34. The molecule has 0 aliphatic carbocycles. The lowest BCUT2D eigenvalue weighted by Crippen LogP contribution is -2.34. The molecule has 1 aromatic carbocycles. The molecule has 0 saturated carbocycles. The van der Waals surface area contributed by atoms with Crippen molar-refractivity contribution < 1.29 is 0 Å². The van der Waals surface area contributed by atoms with Crippen LogP contribution in [0.4, 0.5) is 5.69 Å². The van der Waals surface area contributed by atoms with E-state index in [-0.39, 0.29) is 0 Å².